The SMILES string of the molecule is CCOCCN(CC)c1ccc(CNC2CC2)cc1C#N. The minimum atomic E-state index is 0.688. The Morgan fingerprint density at radius 1 is 1.38 bits per heavy atom. The lowest BCUT2D eigenvalue weighted by Crippen LogP contribution is -2.28. The Hall–Kier alpha value is -1.57. The van der Waals surface area contributed by atoms with Crippen LogP contribution >= 0.6 is 0 Å². The largest absolute Gasteiger partial charge is 0.380 e. The average Bonchev–Trinajstić information content (AvgIpc) is 3.34. The molecule has 2 rings (SSSR count). The fraction of sp³-hybridized carbons (Fsp3) is 0.588. The lowest BCUT2D eigenvalue weighted by molar-refractivity contribution is 0.154. The summed E-state index contributed by atoms with van der Waals surface area (Å²) in [6, 6.07) is 9.22. The molecule has 0 atom stereocenters. The number of benzene rings is 1. The molecule has 0 spiro atoms. The third-order valence-electron chi connectivity index (χ3n) is 3.79. The van der Waals surface area contributed by atoms with E-state index in [9.17, 15) is 5.26 Å². The van der Waals surface area contributed by atoms with E-state index in [1.807, 2.05) is 13.0 Å². The molecule has 1 aromatic rings. The van der Waals surface area contributed by atoms with E-state index in [-0.39, 0.29) is 0 Å². The van der Waals surface area contributed by atoms with Crippen molar-refractivity contribution in [1.29, 1.82) is 5.26 Å². The van der Waals surface area contributed by atoms with E-state index >= 15 is 0 Å². The van der Waals surface area contributed by atoms with Gasteiger partial charge in [-0.2, -0.15) is 5.26 Å². The number of anilines is 1. The Bertz CT molecular complexity index is 491. The van der Waals surface area contributed by atoms with Crippen molar-refractivity contribution in [2.75, 3.05) is 31.2 Å². The van der Waals surface area contributed by atoms with Crippen molar-refractivity contribution in [3.63, 3.8) is 0 Å². The number of rotatable bonds is 9. The van der Waals surface area contributed by atoms with Crippen LogP contribution in [0.2, 0.25) is 0 Å². The minimum Gasteiger partial charge on any atom is -0.380 e. The lowest BCUT2D eigenvalue weighted by Gasteiger charge is -2.24. The second-order valence-corrected chi connectivity index (χ2v) is 5.40. The van der Waals surface area contributed by atoms with Gasteiger partial charge in [-0.25, -0.2) is 0 Å². The Morgan fingerprint density at radius 2 is 2.19 bits per heavy atom. The Labute approximate surface area is 127 Å². The minimum absolute atomic E-state index is 0.688. The van der Waals surface area contributed by atoms with Crippen LogP contribution in [0.5, 0.6) is 0 Å². The highest BCUT2D eigenvalue weighted by Gasteiger charge is 2.20. The van der Waals surface area contributed by atoms with Crippen LogP contribution in [0.1, 0.15) is 37.8 Å². The molecule has 0 aromatic heterocycles. The van der Waals surface area contributed by atoms with Gasteiger partial charge in [0.25, 0.3) is 0 Å². The van der Waals surface area contributed by atoms with Crippen LogP contribution in [0, 0.1) is 11.3 Å². The summed E-state index contributed by atoms with van der Waals surface area (Å²) in [6.07, 6.45) is 2.56. The molecule has 0 saturated heterocycles. The zero-order chi connectivity index (χ0) is 15.1. The summed E-state index contributed by atoms with van der Waals surface area (Å²) in [5.41, 5.74) is 2.95. The van der Waals surface area contributed by atoms with E-state index in [1.54, 1.807) is 0 Å². The molecular formula is C17H25N3O. The molecule has 1 N–H and O–H groups in total. The third kappa shape index (κ3) is 4.73. The highest BCUT2D eigenvalue weighted by molar-refractivity contribution is 5.60. The number of hydrogen-bond donors (Lipinski definition) is 1. The third-order valence-corrected chi connectivity index (χ3v) is 3.79. The molecule has 1 aliphatic carbocycles. The molecule has 1 saturated carbocycles. The molecule has 21 heavy (non-hydrogen) atoms. The van der Waals surface area contributed by atoms with Gasteiger partial charge in [-0.05, 0) is 44.4 Å². The maximum Gasteiger partial charge on any atom is 0.101 e. The maximum absolute atomic E-state index is 9.42. The van der Waals surface area contributed by atoms with Gasteiger partial charge in [-0.3, -0.25) is 0 Å². The smallest absolute Gasteiger partial charge is 0.101 e. The molecule has 0 amide bonds. The first-order valence-electron chi connectivity index (χ1n) is 7.87. The van der Waals surface area contributed by atoms with E-state index < -0.39 is 0 Å². The first kappa shape index (κ1) is 15.8. The van der Waals surface area contributed by atoms with Crippen molar-refractivity contribution in [1.82, 2.24) is 5.32 Å². The Kier molecular flexibility index (Phi) is 6.04. The van der Waals surface area contributed by atoms with Crippen LogP contribution in [-0.2, 0) is 11.3 Å². The first-order valence-corrected chi connectivity index (χ1v) is 7.87. The number of nitriles is 1. The molecule has 4 nitrogen and oxygen atoms in total. The second kappa shape index (κ2) is 8.02. The maximum atomic E-state index is 9.42. The van der Waals surface area contributed by atoms with E-state index in [4.69, 9.17) is 4.74 Å². The average molecular weight is 287 g/mol. The van der Waals surface area contributed by atoms with E-state index in [0.29, 0.717) is 12.6 Å². The Morgan fingerprint density at radius 3 is 2.81 bits per heavy atom. The van der Waals surface area contributed by atoms with Gasteiger partial charge >= 0.3 is 0 Å². The summed E-state index contributed by atoms with van der Waals surface area (Å²) in [5, 5.41) is 12.9. The molecular weight excluding hydrogens is 262 g/mol. The van der Waals surface area contributed by atoms with Crippen molar-refractivity contribution < 1.29 is 4.74 Å². The molecule has 0 bridgehead atoms. The summed E-state index contributed by atoms with van der Waals surface area (Å²) in [6.45, 7) is 8.08. The molecule has 4 heteroatoms. The monoisotopic (exact) mass is 287 g/mol. The van der Waals surface area contributed by atoms with Crippen molar-refractivity contribution >= 4 is 5.69 Å². The molecule has 0 unspecified atom stereocenters. The molecule has 114 valence electrons. The highest BCUT2D eigenvalue weighted by atomic mass is 16.5. The molecule has 1 aromatic carbocycles. The van der Waals surface area contributed by atoms with Gasteiger partial charge in [-0.1, -0.05) is 6.07 Å². The lowest BCUT2D eigenvalue weighted by atomic mass is 10.1. The van der Waals surface area contributed by atoms with Gasteiger partial charge in [0.1, 0.15) is 6.07 Å². The zero-order valence-electron chi connectivity index (χ0n) is 13.1. The second-order valence-electron chi connectivity index (χ2n) is 5.40. The van der Waals surface area contributed by atoms with Crippen molar-refractivity contribution in [2.24, 2.45) is 0 Å². The van der Waals surface area contributed by atoms with Crippen molar-refractivity contribution in [3.8, 4) is 6.07 Å². The summed E-state index contributed by atoms with van der Waals surface area (Å²) >= 11 is 0. The first-order chi connectivity index (χ1) is 10.3. The number of ether oxygens (including phenoxy) is 1. The van der Waals surface area contributed by atoms with E-state index in [0.717, 1.165) is 37.5 Å². The number of likely N-dealkylation sites (N-methyl/N-ethyl adjacent to an activating group) is 1. The fourth-order valence-corrected chi connectivity index (χ4v) is 2.38. The van der Waals surface area contributed by atoms with Crippen LogP contribution in [0.25, 0.3) is 0 Å². The molecule has 0 heterocycles. The van der Waals surface area contributed by atoms with E-state index in [2.05, 4.69) is 35.3 Å². The molecule has 0 radical (unpaired) electrons. The molecule has 0 aliphatic heterocycles. The normalized spacial score (nSPS) is 14.0. The standard InChI is InChI=1S/C17H25N3O/c1-3-20(9-10-21-4-2)17-8-5-14(11-15(17)12-18)13-19-16-6-7-16/h5,8,11,16,19H,3-4,6-7,9-10,13H2,1-2H3. The van der Waals surface area contributed by atoms with Gasteiger partial charge in [0.05, 0.1) is 17.9 Å². The van der Waals surface area contributed by atoms with Crippen LogP contribution in [-0.4, -0.2) is 32.3 Å². The Balaban J connectivity index is 2.04. The topological polar surface area (TPSA) is 48.3 Å². The molecule has 1 fully saturated rings. The van der Waals surface area contributed by atoms with Gasteiger partial charge in [0.15, 0.2) is 0 Å². The van der Waals surface area contributed by atoms with E-state index in [1.165, 1.54) is 18.4 Å². The van der Waals surface area contributed by atoms with Crippen LogP contribution < -0.4 is 10.2 Å². The van der Waals surface area contributed by atoms with Crippen LogP contribution in [0.3, 0.4) is 0 Å². The molecule has 1 aliphatic rings. The number of nitrogens with zero attached hydrogens (tertiary/aromatic N) is 2. The van der Waals surface area contributed by atoms with Gasteiger partial charge in [-0.15, -0.1) is 0 Å². The predicted molar refractivity (Wildman–Crippen MR) is 85.4 cm³/mol. The van der Waals surface area contributed by atoms with Gasteiger partial charge in [0, 0.05) is 32.3 Å². The van der Waals surface area contributed by atoms with Gasteiger partial charge in [0.2, 0.25) is 0 Å². The fourth-order valence-electron chi connectivity index (χ4n) is 2.38. The number of hydrogen-bond acceptors (Lipinski definition) is 4. The summed E-state index contributed by atoms with van der Waals surface area (Å²) in [4.78, 5) is 2.20. The quantitative estimate of drug-likeness (QED) is 0.709. The number of nitrogens with one attached hydrogen (secondary N) is 1. The zero-order valence-corrected chi connectivity index (χ0v) is 13.1. The van der Waals surface area contributed by atoms with Gasteiger partial charge < -0.3 is 15.0 Å². The predicted octanol–water partition coefficient (Wildman–Crippen LogP) is 2.67. The van der Waals surface area contributed by atoms with Crippen molar-refractivity contribution in [2.45, 2.75) is 39.3 Å². The summed E-state index contributed by atoms with van der Waals surface area (Å²) in [7, 11) is 0. The summed E-state index contributed by atoms with van der Waals surface area (Å²) in [5.74, 6) is 0. The van der Waals surface area contributed by atoms with Crippen LogP contribution in [0.15, 0.2) is 18.2 Å². The highest BCUT2D eigenvalue weighted by Crippen LogP contribution is 2.23. The summed E-state index contributed by atoms with van der Waals surface area (Å²) < 4.78 is 5.42. The van der Waals surface area contributed by atoms with Crippen LogP contribution in [0.4, 0.5) is 5.69 Å². The van der Waals surface area contributed by atoms with Crippen molar-refractivity contribution in [3.05, 3.63) is 29.3 Å².